The predicted molar refractivity (Wildman–Crippen MR) is 126 cm³/mol. The molecule has 1 aliphatic heterocycles. The van der Waals surface area contributed by atoms with Gasteiger partial charge in [0.15, 0.2) is 0 Å². The van der Waals surface area contributed by atoms with Gasteiger partial charge in [0.2, 0.25) is 0 Å². The first kappa shape index (κ1) is 22.1. The third kappa shape index (κ3) is 5.23. The molecule has 1 N–H and O–H groups in total. The van der Waals surface area contributed by atoms with E-state index in [1.165, 1.54) is 48.4 Å². The van der Waals surface area contributed by atoms with Crippen LogP contribution in [0.5, 0.6) is 5.75 Å². The van der Waals surface area contributed by atoms with E-state index in [2.05, 4.69) is 55.1 Å². The highest BCUT2D eigenvalue weighted by Crippen LogP contribution is 2.33. The van der Waals surface area contributed by atoms with Gasteiger partial charge in [-0.1, -0.05) is 38.5 Å². The average Bonchev–Trinajstić information content (AvgIpc) is 2.80. The lowest BCUT2D eigenvalue weighted by Gasteiger charge is -2.36. The molecule has 4 heteroatoms. The molecule has 0 spiro atoms. The first-order valence-electron chi connectivity index (χ1n) is 12.2. The molecule has 1 saturated heterocycles. The van der Waals surface area contributed by atoms with Gasteiger partial charge >= 0.3 is 5.97 Å². The molecule has 0 radical (unpaired) electrons. The number of likely N-dealkylation sites (tertiary alicyclic amines) is 1. The quantitative estimate of drug-likeness (QED) is 0.557. The summed E-state index contributed by atoms with van der Waals surface area (Å²) in [5.74, 6) is 1.05. The Bertz CT molecular complexity index is 879. The first-order valence-corrected chi connectivity index (χ1v) is 12.2. The molecule has 168 valence electrons. The SMILES string of the molecule is CCC1CCC(Oc2ccc3cc(C(CC)N4CCC(C(=O)O)CC4)ccc3c2)CC1. The van der Waals surface area contributed by atoms with E-state index < -0.39 is 5.97 Å². The number of aliphatic carboxylic acids is 1. The molecular formula is C27H37NO3. The summed E-state index contributed by atoms with van der Waals surface area (Å²) < 4.78 is 6.32. The van der Waals surface area contributed by atoms with E-state index in [1.54, 1.807) is 0 Å². The number of benzene rings is 2. The number of hydrogen-bond donors (Lipinski definition) is 1. The van der Waals surface area contributed by atoms with Crippen molar-refractivity contribution in [2.45, 2.75) is 77.4 Å². The maximum atomic E-state index is 11.3. The summed E-state index contributed by atoms with van der Waals surface area (Å²) in [4.78, 5) is 13.7. The molecule has 1 heterocycles. The fourth-order valence-electron chi connectivity index (χ4n) is 5.54. The van der Waals surface area contributed by atoms with Gasteiger partial charge in [-0.25, -0.2) is 0 Å². The maximum Gasteiger partial charge on any atom is 0.306 e. The molecule has 2 aromatic rings. The topological polar surface area (TPSA) is 49.8 Å². The van der Waals surface area contributed by atoms with Crippen molar-refractivity contribution in [3.8, 4) is 5.75 Å². The van der Waals surface area contributed by atoms with Gasteiger partial charge in [-0.15, -0.1) is 0 Å². The van der Waals surface area contributed by atoms with E-state index in [1.807, 2.05) is 0 Å². The van der Waals surface area contributed by atoms with Crippen LogP contribution >= 0.6 is 0 Å². The molecule has 1 saturated carbocycles. The summed E-state index contributed by atoms with van der Waals surface area (Å²) in [5, 5.41) is 11.7. The number of hydrogen-bond acceptors (Lipinski definition) is 3. The molecule has 4 rings (SSSR count). The maximum absolute atomic E-state index is 11.3. The molecule has 2 aromatic carbocycles. The minimum absolute atomic E-state index is 0.180. The molecular weight excluding hydrogens is 386 g/mol. The third-order valence-corrected chi connectivity index (χ3v) is 7.60. The first-order chi connectivity index (χ1) is 15.1. The second-order valence-electron chi connectivity index (χ2n) is 9.51. The highest BCUT2D eigenvalue weighted by atomic mass is 16.5. The second-order valence-corrected chi connectivity index (χ2v) is 9.51. The van der Waals surface area contributed by atoms with Gasteiger partial charge < -0.3 is 9.84 Å². The number of ether oxygens (including phenoxy) is 1. The Morgan fingerprint density at radius 1 is 1.00 bits per heavy atom. The molecule has 4 nitrogen and oxygen atoms in total. The molecule has 1 aliphatic carbocycles. The van der Waals surface area contributed by atoms with Crippen molar-refractivity contribution in [3.63, 3.8) is 0 Å². The van der Waals surface area contributed by atoms with Crippen LogP contribution in [0.15, 0.2) is 36.4 Å². The Morgan fingerprint density at radius 2 is 1.68 bits per heavy atom. The van der Waals surface area contributed by atoms with Crippen LogP contribution in [0.1, 0.15) is 76.8 Å². The number of fused-ring (bicyclic) bond motifs is 1. The van der Waals surface area contributed by atoms with Gasteiger partial charge in [-0.3, -0.25) is 9.69 Å². The Balaban J connectivity index is 1.43. The molecule has 1 atom stereocenters. The van der Waals surface area contributed by atoms with Crippen molar-refractivity contribution in [1.82, 2.24) is 4.90 Å². The number of carboxylic acids is 1. The Labute approximate surface area is 186 Å². The minimum Gasteiger partial charge on any atom is -0.490 e. The second kappa shape index (κ2) is 10.0. The van der Waals surface area contributed by atoms with Crippen molar-refractivity contribution in [2.75, 3.05) is 13.1 Å². The molecule has 1 unspecified atom stereocenters. The van der Waals surface area contributed by atoms with Gasteiger partial charge in [-0.2, -0.15) is 0 Å². The number of carbonyl (C=O) groups is 1. The molecule has 2 aliphatic rings. The molecule has 31 heavy (non-hydrogen) atoms. The van der Waals surface area contributed by atoms with Gasteiger partial charge in [0.05, 0.1) is 12.0 Å². The van der Waals surface area contributed by atoms with E-state index in [-0.39, 0.29) is 5.92 Å². The van der Waals surface area contributed by atoms with Crippen molar-refractivity contribution in [3.05, 3.63) is 42.0 Å². The van der Waals surface area contributed by atoms with Crippen LogP contribution in [0.3, 0.4) is 0 Å². The minimum atomic E-state index is -0.644. The molecule has 0 aromatic heterocycles. The lowest BCUT2D eigenvalue weighted by molar-refractivity contribution is -0.143. The third-order valence-electron chi connectivity index (χ3n) is 7.60. The predicted octanol–water partition coefficient (Wildman–Crippen LogP) is 6.44. The fourth-order valence-corrected chi connectivity index (χ4v) is 5.54. The van der Waals surface area contributed by atoms with Gasteiger partial charge in [-0.05, 0) is 98.5 Å². The summed E-state index contributed by atoms with van der Waals surface area (Å²) in [5.41, 5.74) is 1.33. The van der Waals surface area contributed by atoms with E-state index in [4.69, 9.17) is 4.74 Å². The van der Waals surface area contributed by atoms with Crippen molar-refractivity contribution in [1.29, 1.82) is 0 Å². The van der Waals surface area contributed by atoms with Crippen LogP contribution in [-0.4, -0.2) is 35.2 Å². The Hall–Kier alpha value is -2.07. The highest BCUT2D eigenvalue weighted by Gasteiger charge is 2.28. The lowest BCUT2D eigenvalue weighted by Crippen LogP contribution is -2.38. The molecule has 0 amide bonds. The average molecular weight is 424 g/mol. The van der Waals surface area contributed by atoms with Gasteiger partial charge in [0.25, 0.3) is 0 Å². The summed E-state index contributed by atoms with van der Waals surface area (Å²) in [7, 11) is 0. The normalized spacial score (nSPS) is 24.2. The van der Waals surface area contributed by atoms with Crippen molar-refractivity contribution >= 4 is 16.7 Å². The summed E-state index contributed by atoms with van der Waals surface area (Å²) in [6.45, 7) is 6.24. The van der Waals surface area contributed by atoms with Crippen LogP contribution in [0.4, 0.5) is 0 Å². The van der Waals surface area contributed by atoms with Crippen molar-refractivity contribution < 1.29 is 14.6 Å². The van der Waals surface area contributed by atoms with E-state index in [9.17, 15) is 9.90 Å². The number of nitrogens with zero attached hydrogens (tertiary/aromatic N) is 1. The lowest BCUT2D eigenvalue weighted by atomic mass is 9.86. The van der Waals surface area contributed by atoms with Crippen LogP contribution in [0, 0.1) is 11.8 Å². The summed E-state index contributed by atoms with van der Waals surface area (Å²) in [6, 6.07) is 13.6. The highest BCUT2D eigenvalue weighted by molar-refractivity contribution is 5.84. The van der Waals surface area contributed by atoms with Gasteiger partial charge in [0.1, 0.15) is 5.75 Å². The fraction of sp³-hybridized carbons (Fsp3) is 0.593. The van der Waals surface area contributed by atoms with Crippen LogP contribution in [0.2, 0.25) is 0 Å². The molecule has 2 fully saturated rings. The zero-order valence-electron chi connectivity index (χ0n) is 19.1. The van der Waals surface area contributed by atoms with E-state index in [0.29, 0.717) is 12.1 Å². The van der Waals surface area contributed by atoms with Crippen LogP contribution in [-0.2, 0) is 4.79 Å². The smallest absolute Gasteiger partial charge is 0.306 e. The monoisotopic (exact) mass is 423 g/mol. The van der Waals surface area contributed by atoms with Crippen LogP contribution in [0.25, 0.3) is 10.8 Å². The summed E-state index contributed by atoms with van der Waals surface area (Å²) in [6.07, 6.45) is 9.11. The van der Waals surface area contributed by atoms with Gasteiger partial charge in [0, 0.05) is 6.04 Å². The van der Waals surface area contributed by atoms with Crippen LogP contribution < -0.4 is 4.74 Å². The standard InChI is InChI=1S/C27H37NO3/c1-3-19-5-10-24(11-6-19)31-25-12-9-21-17-23(8-7-22(21)18-25)26(4-2)28-15-13-20(14-16-28)27(29)30/h7-9,12,17-20,24,26H,3-6,10-11,13-16H2,1-2H3,(H,29,30). The zero-order chi connectivity index (χ0) is 21.8. The van der Waals surface area contributed by atoms with E-state index in [0.717, 1.165) is 44.0 Å². The Kier molecular flexibility index (Phi) is 7.16. The Morgan fingerprint density at radius 3 is 2.32 bits per heavy atom. The number of carboxylic acid groups (broad SMARTS) is 1. The number of rotatable bonds is 7. The number of piperidine rings is 1. The summed E-state index contributed by atoms with van der Waals surface area (Å²) >= 11 is 0. The largest absolute Gasteiger partial charge is 0.490 e. The molecule has 0 bridgehead atoms. The van der Waals surface area contributed by atoms with Crippen molar-refractivity contribution in [2.24, 2.45) is 11.8 Å². The van der Waals surface area contributed by atoms with E-state index >= 15 is 0 Å². The zero-order valence-corrected chi connectivity index (χ0v) is 19.1.